The Morgan fingerprint density at radius 3 is 2.92 bits per heavy atom. The van der Waals surface area contributed by atoms with E-state index >= 15 is 0 Å². The number of carbonyl (C=O) groups is 3. The first kappa shape index (κ1) is 22.8. The largest absolute Gasteiger partial charge is 0.482 e. The minimum absolute atomic E-state index is 0. The van der Waals surface area contributed by atoms with Crippen molar-refractivity contribution in [2.75, 3.05) is 11.9 Å². The van der Waals surface area contributed by atoms with Crippen molar-refractivity contribution >= 4 is 28.9 Å². The second-order valence-electron chi connectivity index (χ2n) is 9.37. The summed E-state index contributed by atoms with van der Waals surface area (Å²) in [5, 5.41) is 13.2. The molecule has 0 spiro atoms. The predicted octanol–water partition coefficient (Wildman–Crippen LogP) is 4.06. The van der Waals surface area contributed by atoms with Crippen LogP contribution in [0.2, 0.25) is 0 Å². The fraction of sp³-hybridized carbons (Fsp3) is 0.214. The Morgan fingerprint density at radius 2 is 2.03 bits per heavy atom. The monoisotopic (exact) mass is 501 g/mol. The summed E-state index contributed by atoms with van der Waals surface area (Å²) in [6, 6.07) is 16.7. The van der Waals surface area contributed by atoms with Crippen molar-refractivity contribution in [3.8, 4) is 5.75 Å². The van der Waals surface area contributed by atoms with Crippen LogP contribution in [0.4, 0.5) is 5.69 Å². The van der Waals surface area contributed by atoms with Gasteiger partial charge in [0.25, 0.3) is 17.7 Å². The Bertz CT molecular complexity index is 1590. The lowest BCUT2D eigenvalue weighted by Crippen LogP contribution is -2.30. The SMILES string of the molecule is Cc1cnn2c(C(=O)N[C@H]3CCc4ccccc43)cc(C(=O)NCc3ccc4c(c3)NC(=O)CO4)cc12.[HH].[HH].[HH]. The molecule has 1 atom stereocenters. The Kier molecular flexibility index (Phi) is 5.60. The summed E-state index contributed by atoms with van der Waals surface area (Å²) in [5.41, 5.74) is 5.97. The number of fused-ring (bicyclic) bond motifs is 3. The molecule has 0 saturated carbocycles. The number of nitrogens with zero attached hydrogens (tertiary/aromatic N) is 2. The molecule has 37 heavy (non-hydrogen) atoms. The summed E-state index contributed by atoms with van der Waals surface area (Å²) in [4.78, 5) is 38.2. The summed E-state index contributed by atoms with van der Waals surface area (Å²) in [5.74, 6) is -0.224. The standard InChI is InChI=1S/C28H25N5O4.3H2/c1-16-13-30-33-23(16)11-19(12-24(33)28(36)32-21-8-7-18-4-2-3-5-20(18)21)27(35)29-14-17-6-9-25-22(10-17)31-26(34)15-37-25;;;/h2-6,9-13,21H,7-8,14-15H2,1H3,(H,29,35)(H,31,34)(H,32,36);3*1H/t21-;;;/m0.../s1. The number of rotatable bonds is 5. The fourth-order valence-corrected chi connectivity index (χ4v) is 4.96. The first-order chi connectivity index (χ1) is 18.0. The number of pyridine rings is 1. The van der Waals surface area contributed by atoms with Gasteiger partial charge in [-0.05, 0) is 66.3 Å². The highest BCUT2D eigenvalue weighted by Crippen LogP contribution is 2.31. The number of hydrogen-bond donors (Lipinski definition) is 3. The molecule has 4 aromatic rings. The lowest BCUT2D eigenvalue weighted by molar-refractivity contribution is -0.118. The van der Waals surface area contributed by atoms with E-state index < -0.39 is 0 Å². The molecule has 2 aromatic heterocycles. The highest BCUT2D eigenvalue weighted by Gasteiger charge is 2.26. The zero-order chi connectivity index (χ0) is 25.5. The fourth-order valence-electron chi connectivity index (χ4n) is 4.96. The van der Waals surface area contributed by atoms with Gasteiger partial charge in [-0.3, -0.25) is 14.4 Å². The molecular weight excluding hydrogens is 470 g/mol. The van der Waals surface area contributed by atoms with E-state index in [-0.39, 0.29) is 41.2 Å². The molecule has 3 heterocycles. The molecule has 1 aliphatic heterocycles. The van der Waals surface area contributed by atoms with Crippen LogP contribution in [0.1, 0.15) is 59.8 Å². The van der Waals surface area contributed by atoms with E-state index in [9.17, 15) is 14.4 Å². The third kappa shape index (κ3) is 4.29. The number of carbonyl (C=O) groups excluding carboxylic acids is 3. The van der Waals surface area contributed by atoms with Gasteiger partial charge in [0, 0.05) is 16.4 Å². The number of aryl methyl sites for hydroxylation is 2. The molecule has 0 radical (unpaired) electrons. The topological polar surface area (TPSA) is 114 Å². The summed E-state index contributed by atoms with van der Waals surface area (Å²) >= 11 is 0. The van der Waals surface area contributed by atoms with E-state index in [4.69, 9.17) is 4.74 Å². The van der Waals surface area contributed by atoms with Crippen LogP contribution in [-0.2, 0) is 17.8 Å². The third-order valence-electron chi connectivity index (χ3n) is 6.87. The molecule has 6 rings (SSSR count). The Hall–Kier alpha value is -4.66. The first-order valence-corrected chi connectivity index (χ1v) is 12.2. The average molecular weight is 502 g/mol. The van der Waals surface area contributed by atoms with Gasteiger partial charge in [-0.25, -0.2) is 4.52 Å². The number of ether oxygens (including phenoxy) is 1. The summed E-state index contributed by atoms with van der Waals surface area (Å²) in [6.45, 7) is 2.12. The molecule has 0 fully saturated rings. The molecule has 1 aliphatic carbocycles. The Labute approximate surface area is 217 Å². The summed E-state index contributed by atoms with van der Waals surface area (Å²) < 4.78 is 6.96. The Morgan fingerprint density at radius 1 is 1.16 bits per heavy atom. The molecule has 0 unspecified atom stereocenters. The minimum atomic E-state index is -0.318. The lowest BCUT2D eigenvalue weighted by atomic mass is 10.1. The van der Waals surface area contributed by atoms with Crippen molar-refractivity contribution in [1.82, 2.24) is 20.2 Å². The van der Waals surface area contributed by atoms with Crippen molar-refractivity contribution < 1.29 is 23.4 Å². The quantitative estimate of drug-likeness (QED) is 0.382. The van der Waals surface area contributed by atoms with E-state index in [1.165, 1.54) is 5.56 Å². The van der Waals surface area contributed by atoms with Gasteiger partial charge in [0.05, 0.1) is 23.4 Å². The predicted molar refractivity (Wildman–Crippen MR) is 143 cm³/mol. The van der Waals surface area contributed by atoms with E-state index in [0.717, 1.165) is 29.5 Å². The summed E-state index contributed by atoms with van der Waals surface area (Å²) in [7, 11) is 0. The van der Waals surface area contributed by atoms with Crippen LogP contribution < -0.4 is 20.7 Å². The zero-order valence-electron chi connectivity index (χ0n) is 20.2. The highest BCUT2D eigenvalue weighted by molar-refractivity contribution is 6.00. The number of amides is 3. The smallest absolute Gasteiger partial charge is 0.270 e. The van der Waals surface area contributed by atoms with Crippen LogP contribution in [0.5, 0.6) is 5.75 Å². The molecule has 2 aliphatic rings. The van der Waals surface area contributed by atoms with Crippen LogP contribution in [0.25, 0.3) is 5.52 Å². The molecule has 2 aromatic carbocycles. The normalized spacial score (nSPS) is 15.9. The van der Waals surface area contributed by atoms with Crippen molar-refractivity contribution in [2.45, 2.75) is 32.4 Å². The number of nitrogens with one attached hydrogen (secondary N) is 3. The van der Waals surface area contributed by atoms with Crippen molar-refractivity contribution in [1.29, 1.82) is 0 Å². The average Bonchev–Trinajstić information content (AvgIpc) is 3.49. The van der Waals surface area contributed by atoms with E-state index in [2.05, 4.69) is 27.1 Å². The van der Waals surface area contributed by atoms with Gasteiger partial charge in [-0.15, -0.1) is 0 Å². The number of hydrogen-bond acceptors (Lipinski definition) is 5. The van der Waals surface area contributed by atoms with Crippen molar-refractivity contribution in [3.63, 3.8) is 0 Å². The maximum absolute atomic E-state index is 13.4. The van der Waals surface area contributed by atoms with Gasteiger partial charge in [0.15, 0.2) is 6.61 Å². The van der Waals surface area contributed by atoms with Crippen LogP contribution in [0.15, 0.2) is 60.8 Å². The van der Waals surface area contributed by atoms with Gasteiger partial charge in [-0.1, -0.05) is 30.3 Å². The maximum atomic E-state index is 13.4. The third-order valence-corrected chi connectivity index (χ3v) is 6.87. The minimum Gasteiger partial charge on any atom is -0.482 e. The van der Waals surface area contributed by atoms with Gasteiger partial charge < -0.3 is 20.7 Å². The highest BCUT2D eigenvalue weighted by atomic mass is 16.5. The second kappa shape index (κ2) is 9.09. The molecule has 0 bridgehead atoms. The van der Waals surface area contributed by atoms with Crippen molar-refractivity contribution in [3.05, 3.63) is 94.3 Å². The van der Waals surface area contributed by atoms with Gasteiger partial charge >= 0.3 is 0 Å². The van der Waals surface area contributed by atoms with Gasteiger partial charge in [0.2, 0.25) is 0 Å². The lowest BCUT2D eigenvalue weighted by Gasteiger charge is -2.18. The maximum Gasteiger partial charge on any atom is 0.270 e. The second-order valence-corrected chi connectivity index (χ2v) is 9.37. The summed E-state index contributed by atoms with van der Waals surface area (Å²) in [6.07, 6.45) is 3.43. The van der Waals surface area contributed by atoms with Crippen LogP contribution in [0.3, 0.4) is 0 Å². The number of benzene rings is 2. The van der Waals surface area contributed by atoms with Gasteiger partial charge in [0.1, 0.15) is 11.4 Å². The van der Waals surface area contributed by atoms with Crippen LogP contribution in [0, 0.1) is 6.92 Å². The first-order valence-electron chi connectivity index (χ1n) is 12.2. The van der Waals surface area contributed by atoms with Gasteiger partial charge in [-0.2, -0.15) is 5.10 Å². The van der Waals surface area contributed by atoms with E-state index in [0.29, 0.717) is 28.2 Å². The van der Waals surface area contributed by atoms with E-state index in [1.54, 1.807) is 35.0 Å². The van der Waals surface area contributed by atoms with Crippen molar-refractivity contribution in [2.24, 2.45) is 0 Å². The van der Waals surface area contributed by atoms with Crippen LogP contribution in [-0.4, -0.2) is 33.9 Å². The molecule has 3 N–H and O–H groups in total. The molecular formula is C28H31N5O4. The van der Waals surface area contributed by atoms with E-state index in [1.807, 2.05) is 31.2 Å². The molecule has 3 amide bonds. The Balaban J connectivity index is 0.00000147. The number of anilines is 1. The number of aromatic nitrogens is 2. The molecule has 0 saturated heterocycles. The molecule has 9 heteroatoms. The molecule has 9 nitrogen and oxygen atoms in total. The molecule has 192 valence electrons. The zero-order valence-corrected chi connectivity index (χ0v) is 20.2. The van der Waals surface area contributed by atoms with Crippen LogP contribution >= 0.6 is 0 Å².